The molecule has 0 atom stereocenters. The third-order valence-corrected chi connectivity index (χ3v) is 2.60. The minimum Gasteiger partial charge on any atom is -0.487 e. The molecule has 0 radical (unpaired) electrons. The number of hydrogen-bond acceptors (Lipinski definition) is 5. The van der Waals surface area contributed by atoms with Crippen LogP contribution in [-0.2, 0) is 11.3 Å². The fraction of sp³-hybridized carbons (Fsp3) is 0.538. The molecule has 0 aliphatic carbocycles. The second-order valence-electron chi connectivity index (χ2n) is 4.14. The summed E-state index contributed by atoms with van der Waals surface area (Å²) in [5.74, 6) is 0.329. The molecule has 0 saturated heterocycles. The van der Waals surface area contributed by atoms with E-state index in [1.807, 2.05) is 7.05 Å². The van der Waals surface area contributed by atoms with E-state index in [-0.39, 0.29) is 5.69 Å². The predicted octanol–water partition coefficient (Wildman–Crippen LogP) is 2.12. The zero-order chi connectivity index (χ0) is 14.1. The smallest absolute Gasteiger partial charge is 0.310 e. The van der Waals surface area contributed by atoms with Crippen LogP contribution in [0.4, 0.5) is 5.69 Å². The summed E-state index contributed by atoms with van der Waals surface area (Å²) in [7, 11) is 3.47. The summed E-state index contributed by atoms with van der Waals surface area (Å²) in [4.78, 5) is 10.5. The van der Waals surface area contributed by atoms with Gasteiger partial charge in [-0.2, -0.15) is 0 Å². The van der Waals surface area contributed by atoms with Crippen LogP contribution in [0.5, 0.6) is 5.75 Å². The lowest BCUT2D eigenvalue weighted by Gasteiger charge is -2.08. The molecule has 6 nitrogen and oxygen atoms in total. The lowest BCUT2D eigenvalue weighted by atomic mass is 10.2. The van der Waals surface area contributed by atoms with Crippen LogP contribution in [-0.4, -0.2) is 32.3 Å². The van der Waals surface area contributed by atoms with Crippen LogP contribution in [0.3, 0.4) is 0 Å². The Labute approximate surface area is 112 Å². The van der Waals surface area contributed by atoms with E-state index in [1.54, 1.807) is 19.2 Å². The summed E-state index contributed by atoms with van der Waals surface area (Å²) in [5, 5.41) is 13.9. The van der Waals surface area contributed by atoms with E-state index in [1.165, 1.54) is 6.07 Å². The summed E-state index contributed by atoms with van der Waals surface area (Å²) < 4.78 is 10.4. The predicted molar refractivity (Wildman–Crippen MR) is 72.5 cm³/mol. The molecule has 1 aromatic rings. The Kier molecular flexibility index (Phi) is 6.84. The van der Waals surface area contributed by atoms with Crippen molar-refractivity contribution in [3.63, 3.8) is 0 Å². The second-order valence-corrected chi connectivity index (χ2v) is 4.14. The summed E-state index contributed by atoms with van der Waals surface area (Å²) in [6, 6.07) is 4.93. The van der Waals surface area contributed by atoms with Crippen LogP contribution in [0.1, 0.15) is 18.4 Å². The third kappa shape index (κ3) is 5.23. The number of nitrogens with one attached hydrogen (secondary N) is 1. The largest absolute Gasteiger partial charge is 0.487 e. The topological polar surface area (TPSA) is 73.6 Å². The molecule has 106 valence electrons. The van der Waals surface area contributed by atoms with E-state index in [9.17, 15) is 10.1 Å². The first-order chi connectivity index (χ1) is 9.19. The van der Waals surface area contributed by atoms with Crippen molar-refractivity contribution in [2.45, 2.75) is 19.4 Å². The van der Waals surface area contributed by atoms with Crippen LogP contribution in [0.2, 0.25) is 0 Å². The lowest BCUT2D eigenvalue weighted by molar-refractivity contribution is -0.385. The molecule has 0 aliphatic heterocycles. The highest BCUT2D eigenvalue weighted by atomic mass is 16.6. The summed E-state index contributed by atoms with van der Waals surface area (Å²) in [6.07, 6.45) is 1.68. The van der Waals surface area contributed by atoms with Crippen molar-refractivity contribution in [1.29, 1.82) is 0 Å². The van der Waals surface area contributed by atoms with Gasteiger partial charge >= 0.3 is 5.69 Å². The zero-order valence-electron chi connectivity index (χ0n) is 11.3. The summed E-state index contributed by atoms with van der Waals surface area (Å²) >= 11 is 0. The molecule has 1 N–H and O–H groups in total. The molecule has 0 spiro atoms. The average molecular weight is 268 g/mol. The molecule has 0 heterocycles. The second kappa shape index (κ2) is 8.44. The number of nitro benzene ring substituents is 1. The van der Waals surface area contributed by atoms with Crippen molar-refractivity contribution >= 4 is 5.69 Å². The molecule has 0 saturated carbocycles. The molecule has 0 aliphatic rings. The number of ether oxygens (including phenoxy) is 2. The highest BCUT2D eigenvalue weighted by Crippen LogP contribution is 2.28. The quantitative estimate of drug-likeness (QED) is 0.422. The highest BCUT2D eigenvalue weighted by molar-refractivity contribution is 5.48. The molecule has 0 fully saturated rings. The number of methoxy groups -OCH3 is 1. The van der Waals surface area contributed by atoms with Crippen LogP contribution in [0.15, 0.2) is 18.2 Å². The lowest BCUT2D eigenvalue weighted by Crippen LogP contribution is -2.07. The number of nitro groups is 1. The molecular weight excluding hydrogens is 248 g/mol. The van der Waals surface area contributed by atoms with Gasteiger partial charge in [-0.3, -0.25) is 10.1 Å². The molecule has 1 rings (SSSR count). The Hall–Kier alpha value is -1.66. The van der Waals surface area contributed by atoms with E-state index >= 15 is 0 Å². The third-order valence-electron chi connectivity index (χ3n) is 2.60. The van der Waals surface area contributed by atoms with E-state index in [4.69, 9.17) is 9.47 Å². The maximum atomic E-state index is 10.9. The van der Waals surface area contributed by atoms with Gasteiger partial charge in [0.15, 0.2) is 5.75 Å². The minimum atomic E-state index is -0.423. The van der Waals surface area contributed by atoms with E-state index in [0.717, 1.165) is 18.4 Å². The van der Waals surface area contributed by atoms with Crippen molar-refractivity contribution in [3.8, 4) is 5.75 Å². The van der Waals surface area contributed by atoms with Crippen LogP contribution in [0, 0.1) is 10.1 Å². The standard InChI is InChI=1S/C13H20N2O4/c1-14-10-11-5-6-12(15(16)17)13(9-11)19-8-4-3-7-18-2/h5-6,9,14H,3-4,7-8,10H2,1-2H3. The van der Waals surface area contributed by atoms with Crippen LogP contribution < -0.4 is 10.1 Å². The van der Waals surface area contributed by atoms with Gasteiger partial charge in [0.25, 0.3) is 0 Å². The molecule has 1 aromatic carbocycles. The molecule has 0 aromatic heterocycles. The van der Waals surface area contributed by atoms with Gasteiger partial charge in [-0.1, -0.05) is 6.07 Å². The number of rotatable bonds is 9. The Morgan fingerprint density at radius 1 is 1.32 bits per heavy atom. The highest BCUT2D eigenvalue weighted by Gasteiger charge is 2.15. The Morgan fingerprint density at radius 2 is 2.05 bits per heavy atom. The van der Waals surface area contributed by atoms with Gasteiger partial charge < -0.3 is 14.8 Å². The number of nitrogens with zero attached hydrogens (tertiary/aromatic N) is 1. The Balaban J connectivity index is 2.66. The van der Waals surface area contributed by atoms with Crippen molar-refractivity contribution < 1.29 is 14.4 Å². The van der Waals surface area contributed by atoms with Gasteiger partial charge in [0.1, 0.15) is 0 Å². The minimum absolute atomic E-state index is 0.00611. The molecular formula is C13H20N2O4. The van der Waals surface area contributed by atoms with E-state index in [2.05, 4.69) is 5.32 Å². The van der Waals surface area contributed by atoms with Gasteiger partial charge in [0, 0.05) is 26.3 Å². The van der Waals surface area contributed by atoms with E-state index in [0.29, 0.717) is 25.5 Å². The number of benzene rings is 1. The van der Waals surface area contributed by atoms with Gasteiger partial charge in [-0.05, 0) is 31.5 Å². The molecule has 19 heavy (non-hydrogen) atoms. The first-order valence-electron chi connectivity index (χ1n) is 6.22. The Morgan fingerprint density at radius 3 is 2.68 bits per heavy atom. The molecule has 0 bridgehead atoms. The van der Waals surface area contributed by atoms with Crippen LogP contribution in [0.25, 0.3) is 0 Å². The number of hydrogen-bond donors (Lipinski definition) is 1. The summed E-state index contributed by atoms with van der Waals surface area (Å²) in [5.41, 5.74) is 0.964. The van der Waals surface area contributed by atoms with Crippen molar-refractivity contribution in [3.05, 3.63) is 33.9 Å². The summed E-state index contributed by atoms with van der Waals surface area (Å²) in [6.45, 7) is 1.77. The molecule has 0 unspecified atom stereocenters. The average Bonchev–Trinajstić information content (AvgIpc) is 2.39. The van der Waals surface area contributed by atoms with Crippen LogP contribution >= 0.6 is 0 Å². The van der Waals surface area contributed by atoms with Crippen molar-refractivity contribution in [1.82, 2.24) is 5.32 Å². The molecule has 0 amide bonds. The van der Waals surface area contributed by atoms with Gasteiger partial charge in [-0.25, -0.2) is 0 Å². The van der Waals surface area contributed by atoms with E-state index < -0.39 is 4.92 Å². The monoisotopic (exact) mass is 268 g/mol. The SMILES string of the molecule is CNCc1ccc([N+](=O)[O-])c(OCCCCOC)c1. The van der Waals surface area contributed by atoms with Crippen molar-refractivity contribution in [2.75, 3.05) is 27.4 Å². The Bertz CT molecular complexity index is 410. The maximum absolute atomic E-state index is 10.9. The fourth-order valence-electron chi connectivity index (χ4n) is 1.67. The fourth-order valence-corrected chi connectivity index (χ4v) is 1.67. The maximum Gasteiger partial charge on any atom is 0.310 e. The van der Waals surface area contributed by atoms with Crippen molar-refractivity contribution in [2.24, 2.45) is 0 Å². The normalized spacial score (nSPS) is 10.4. The van der Waals surface area contributed by atoms with Gasteiger partial charge in [0.2, 0.25) is 0 Å². The number of unbranched alkanes of at least 4 members (excludes halogenated alkanes) is 1. The first kappa shape index (κ1) is 15.4. The zero-order valence-corrected chi connectivity index (χ0v) is 11.3. The van der Waals surface area contributed by atoms with Gasteiger partial charge in [-0.15, -0.1) is 0 Å². The van der Waals surface area contributed by atoms with Gasteiger partial charge in [0.05, 0.1) is 11.5 Å². The first-order valence-corrected chi connectivity index (χ1v) is 6.22. The molecule has 6 heteroatoms.